The lowest BCUT2D eigenvalue weighted by Gasteiger charge is -2.34. The van der Waals surface area contributed by atoms with E-state index in [2.05, 4.69) is 10.6 Å². The van der Waals surface area contributed by atoms with Crippen LogP contribution in [0.3, 0.4) is 0 Å². The third kappa shape index (κ3) is 5.26. The normalized spacial score (nSPS) is 20.7. The summed E-state index contributed by atoms with van der Waals surface area (Å²) < 4.78 is 10.0. The summed E-state index contributed by atoms with van der Waals surface area (Å²) in [5.74, 6) is -1.36. The van der Waals surface area contributed by atoms with Gasteiger partial charge in [-0.2, -0.15) is 0 Å². The molecule has 0 heterocycles. The maximum atomic E-state index is 12.5. The van der Waals surface area contributed by atoms with E-state index in [9.17, 15) is 9.59 Å². The number of methoxy groups -OCH3 is 2. The number of benzene rings is 2. The average Bonchev–Trinajstić information content (AvgIpc) is 2.76. The number of anilines is 2. The molecule has 6 nitrogen and oxygen atoms in total. The average molecular weight is 449 g/mol. The predicted octanol–water partition coefficient (Wildman–Crippen LogP) is 4.55. The number of nitrogens with one attached hydrogen (secondary N) is 2. The molecule has 3 unspecified atom stereocenters. The van der Waals surface area contributed by atoms with Crippen LogP contribution < -0.4 is 10.6 Å². The molecule has 1 aliphatic carbocycles. The van der Waals surface area contributed by atoms with Gasteiger partial charge in [-0.15, -0.1) is 0 Å². The van der Waals surface area contributed by atoms with Gasteiger partial charge in [-0.3, -0.25) is 4.79 Å². The molecule has 2 aromatic carbocycles. The highest BCUT2D eigenvalue weighted by atomic mass is 35.5. The molecular formula is C22H22Cl2N2O4. The largest absolute Gasteiger partial charge is 0.469 e. The van der Waals surface area contributed by atoms with Gasteiger partial charge in [-0.1, -0.05) is 23.2 Å². The summed E-state index contributed by atoms with van der Waals surface area (Å²) in [7, 11) is 2.68. The van der Waals surface area contributed by atoms with E-state index in [0.717, 1.165) is 11.4 Å². The van der Waals surface area contributed by atoms with Crippen molar-refractivity contribution in [3.63, 3.8) is 0 Å². The Morgan fingerprint density at radius 1 is 0.867 bits per heavy atom. The zero-order chi connectivity index (χ0) is 21.7. The second-order valence-electron chi connectivity index (χ2n) is 6.86. The first-order valence-corrected chi connectivity index (χ1v) is 10.1. The fourth-order valence-electron chi connectivity index (χ4n) is 3.44. The lowest BCUT2D eigenvalue weighted by molar-refractivity contribution is -0.146. The second kappa shape index (κ2) is 9.87. The minimum atomic E-state index is -0.524. The third-order valence-electron chi connectivity index (χ3n) is 4.95. The van der Waals surface area contributed by atoms with Gasteiger partial charge < -0.3 is 20.1 Å². The number of halogens is 2. The van der Waals surface area contributed by atoms with E-state index >= 15 is 0 Å². The van der Waals surface area contributed by atoms with E-state index in [1.807, 2.05) is 12.1 Å². The molecule has 0 aromatic heterocycles. The fourth-order valence-corrected chi connectivity index (χ4v) is 3.69. The molecule has 3 atom stereocenters. The van der Waals surface area contributed by atoms with Gasteiger partial charge in [0.2, 0.25) is 0 Å². The summed E-state index contributed by atoms with van der Waals surface area (Å²) in [6.07, 6.45) is 2.06. The molecule has 2 aromatic rings. The SMILES string of the molecule is COC(=O)C1=CC(Nc2ccc(Cl)cc2)C(C(=O)OC)CC1Nc1ccc(Cl)cc1. The smallest absolute Gasteiger partial charge is 0.335 e. The molecule has 8 heteroatoms. The van der Waals surface area contributed by atoms with Gasteiger partial charge in [0.05, 0.1) is 37.8 Å². The number of ether oxygens (including phenoxy) is 2. The molecule has 0 bridgehead atoms. The van der Waals surface area contributed by atoms with E-state index in [-0.39, 0.29) is 5.97 Å². The first-order chi connectivity index (χ1) is 14.4. The van der Waals surface area contributed by atoms with Crippen molar-refractivity contribution in [2.75, 3.05) is 24.9 Å². The minimum Gasteiger partial charge on any atom is -0.469 e. The van der Waals surface area contributed by atoms with Gasteiger partial charge in [0, 0.05) is 21.4 Å². The van der Waals surface area contributed by atoms with Crippen LogP contribution in [-0.4, -0.2) is 38.2 Å². The Kier molecular flexibility index (Phi) is 7.24. The van der Waals surface area contributed by atoms with Crippen LogP contribution in [-0.2, 0) is 19.1 Å². The molecule has 0 aliphatic heterocycles. The summed E-state index contributed by atoms with van der Waals surface area (Å²) in [5, 5.41) is 7.79. The summed E-state index contributed by atoms with van der Waals surface area (Å²) in [4.78, 5) is 25.0. The van der Waals surface area contributed by atoms with Crippen molar-refractivity contribution in [2.24, 2.45) is 5.92 Å². The number of rotatable bonds is 6. The minimum absolute atomic E-state index is 0.335. The van der Waals surface area contributed by atoms with Crippen molar-refractivity contribution in [1.29, 1.82) is 0 Å². The molecule has 2 N–H and O–H groups in total. The van der Waals surface area contributed by atoms with Crippen LogP contribution in [0.5, 0.6) is 0 Å². The Labute approximate surface area is 185 Å². The molecule has 0 radical (unpaired) electrons. The highest BCUT2D eigenvalue weighted by molar-refractivity contribution is 6.30. The highest BCUT2D eigenvalue weighted by Crippen LogP contribution is 2.31. The Balaban J connectivity index is 1.93. The number of carbonyl (C=O) groups excluding carboxylic acids is 2. The van der Waals surface area contributed by atoms with Crippen molar-refractivity contribution < 1.29 is 19.1 Å². The van der Waals surface area contributed by atoms with Crippen molar-refractivity contribution in [1.82, 2.24) is 0 Å². The molecule has 0 saturated carbocycles. The molecule has 0 saturated heterocycles. The number of carbonyl (C=O) groups is 2. The zero-order valence-corrected chi connectivity index (χ0v) is 18.0. The molecule has 0 fully saturated rings. The molecule has 3 rings (SSSR count). The van der Waals surface area contributed by atoms with Crippen LogP contribution in [0.15, 0.2) is 60.2 Å². The quantitative estimate of drug-likeness (QED) is 0.631. The molecule has 0 spiro atoms. The number of hydrogen-bond acceptors (Lipinski definition) is 6. The molecule has 1 aliphatic rings. The molecule has 158 valence electrons. The fraction of sp³-hybridized carbons (Fsp3) is 0.273. The highest BCUT2D eigenvalue weighted by Gasteiger charge is 2.39. The molecule has 0 amide bonds. The second-order valence-corrected chi connectivity index (χ2v) is 7.73. The first-order valence-electron chi connectivity index (χ1n) is 9.33. The predicted molar refractivity (Wildman–Crippen MR) is 118 cm³/mol. The third-order valence-corrected chi connectivity index (χ3v) is 5.45. The van der Waals surface area contributed by atoms with Crippen LogP contribution in [0, 0.1) is 5.92 Å². The molecule has 30 heavy (non-hydrogen) atoms. The Morgan fingerprint density at radius 3 is 1.90 bits per heavy atom. The maximum absolute atomic E-state index is 12.5. The standard InChI is InChI=1S/C22H22Cl2N2O4/c1-29-21(27)17-11-20(26-16-9-5-14(24)6-10-16)18(22(28)30-2)12-19(17)25-15-7-3-13(23)4-8-15/h3-11,18-20,25-26H,12H2,1-2H3. The van der Waals surface area contributed by atoms with Crippen molar-refractivity contribution >= 4 is 46.5 Å². The summed E-state index contributed by atoms with van der Waals surface area (Å²) in [6, 6.07) is 13.3. The van der Waals surface area contributed by atoms with E-state index in [4.69, 9.17) is 32.7 Å². The van der Waals surface area contributed by atoms with Gasteiger partial charge in [0.1, 0.15) is 0 Å². The lowest BCUT2D eigenvalue weighted by Crippen LogP contribution is -2.44. The van der Waals surface area contributed by atoms with Gasteiger partial charge in [-0.05, 0) is 61.0 Å². The van der Waals surface area contributed by atoms with Crippen molar-refractivity contribution in [3.05, 3.63) is 70.2 Å². The summed E-state index contributed by atoms with van der Waals surface area (Å²) >= 11 is 11.9. The monoisotopic (exact) mass is 448 g/mol. The van der Waals surface area contributed by atoms with Gasteiger partial charge in [0.15, 0.2) is 0 Å². The van der Waals surface area contributed by atoms with Crippen LogP contribution in [0.1, 0.15) is 6.42 Å². The topological polar surface area (TPSA) is 76.7 Å². The van der Waals surface area contributed by atoms with E-state index in [1.54, 1.807) is 42.5 Å². The Hall–Kier alpha value is -2.70. The number of esters is 2. The summed E-state index contributed by atoms with van der Waals surface area (Å²) in [6.45, 7) is 0. The first kappa shape index (κ1) is 22.0. The van der Waals surface area contributed by atoms with Crippen LogP contribution in [0.2, 0.25) is 10.0 Å². The Bertz CT molecular complexity index is 929. The van der Waals surface area contributed by atoms with Gasteiger partial charge >= 0.3 is 11.9 Å². The van der Waals surface area contributed by atoms with E-state index < -0.39 is 24.0 Å². The lowest BCUT2D eigenvalue weighted by atomic mass is 9.81. The zero-order valence-electron chi connectivity index (χ0n) is 16.5. The van der Waals surface area contributed by atoms with Crippen LogP contribution in [0.4, 0.5) is 11.4 Å². The van der Waals surface area contributed by atoms with Crippen molar-refractivity contribution in [3.8, 4) is 0 Å². The van der Waals surface area contributed by atoms with E-state index in [1.165, 1.54) is 14.2 Å². The van der Waals surface area contributed by atoms with Crippen LogP contribution in [0.25, 0.3) is 0 Å². The van der Waals surface area contributed by atoms with Crippen LogP contribution >= 0.6 is 23.2 Å². The number of hydrogen-bond donors (Lipinski definition) is 2. The van der Waals surface area contributed by atoms with Crippen molar-refractivity contribution in [2.45, 2.75) is 18.5 Å². The maximum Gasteiger partial charge on any atom is 0.335 e. The Morgan fingerprint density at radius 2 is 1.40 bits per heavy atom. The summed E-state index contributed by atoms with van der Waals surface area (Å²) in [5.41, 5.74) is 1.97. The van der Waals surface area contributed by atoms with E-state index in [0.29, 0.717) is 22.0 Å². The molecular weight excluding hydrogens is 427 g/mol. The van der Waals surface area contributed by atoms with Gasteiger partial charge in [0.25, 0.3) is 0 Å². The van der Waals surface area contributed by atoms with Gasteiger partial charge in [-0.25, -0.2) is 4.79 Å².